The Hall–Kier alpha value is -1.11. The summed E-state index contributed by atoms with van der Waals surface area (Å²) in [5.41, 5.74) is 0.837. The van der Waals surface area contributed by atoms with Gasteiger partial charge >= 0.3 is 0 Å². The van der Waals surface area contributed by atoms with Crippen molar-refractivity contribution in [1.82, 2.24) is 4.72 Å². The summed E-state index contributed by atoms with van der Waals surface area (Å²) < 4.78 is 25.1. The number of anilines is 1. The van der Waals surface area contributed by atoms with Crippen LogP contribution < -0.4 is 10.0 Å². The Labute approximate surface area is 95.5 Å². The van der Waals surface area contributed by atoms with Crippen molar-refractivity contribution < 1.29 is 13.5 Å². The van der Waals surface area contributed by atoms with Gasteiger partial charge in [0.25, 0.3) is 0 Å². The molecule has 0 fully saturated rings. The lowest BCUT2D eigenvalue weighted by molar-refractivity contribution is 0.292. The van der Waals surface area contributed by atoms with E-state index in [0.717, 1.165) is 5.69 Å². The Bertz CT molecular complexity index is 414. The number of hydrogen-bond donors (Lipinski definition) is 3. The van der Waals surface area contributed by atoms with Crippen LogP contribution in [0, 0.1) is 0 Å². The molecule has 0 aliphatic rings. The van der Waals surface area contributed by atoms with Gasteiger partial charge in [0.1, 0.15) is 0 Å². The molecule has 6 heteroatoms. The third kappa shape index (κ3) is 3.48. The molecule has 0 aliphatic carbocycles. The highest BCUT2D eigenvalue weighted by atomic mass is 32.2. The van der Waals surface area contributed by atoms with Gasteiger partial charge in [0.15, 0.2) is 0 Å². The fourth-order valence-electron chi connectivity index (χ4n) is 1.18. The summed E-state index contributed by atoms with van der Waals surface area (Å²) in [4.78, 5) is 0.239. The molecule has 0 saturated carbocycles. The first-order valence-electron chi connectivity index (χ1n) is 4.98. The van der Waals surface area contributed by atoms with Crippen LogP contribution in [0.3, 0.4) is 0 Å². The average molecular weight is 244 g/mol. The Morgan fingerprint density at radius 3 is 2.38 bits per heavy atom. The lowest BCUT2D eigenvalue weighted by Crippen LogP contribution is -2.18. The third-order valence-corrected chi connectivity index (χ3v) is 3.53. The monoisotopic (exact) mass is 244 g/mol. The van der Waals surface area contributed by atoms with Crippen molar-refractivity contribution in [3.8, 4) is 0 Å². The SMILES string of the molecule is CNS(=O)(=O)c1ccc(NCCCO)cc1. The Morgan fingerprint density at radius 1 is 1.25 bits per heavy atom. The molecule has 0 aliphatic heterocycles. The lowest BCUT2D eigenvalue weighted by Gasteiger charge is -2.06. The molecule has 1 rings (SSSR count). The number of benzene rings is 1. The Morgan fingerprint density at radius 2 is 1.88 bits per heavy atom. The Kier molecular flexibility index (Phi) is 4.72. The summed E-state index contributed by atoms with van der Waals surface area (Å²) in [6.45, 7) is 0.799. The van der Waals surface area contributed by atoms with Gasteiger partial charge in [0.2, 0.25) is 10.0 Å². The third-order valence-electron chi connectivity index (χ3n) is 2.10. The predicted molar refractivity (Wildman–Crippen MR) is 62.9 cm³/mol. The van der Waals surface area contributed by atoms with Gasteiger partial charge in [-0.15, -0.1) is 0 Å². The van der Waals surface area contributed by atoms with E-state index < -0.39 is 10.0 Å². The normalized spacial score (nSPS) is 11.4. The van der Waals surface area contributed by atoms with Crippen LogP contribution in [0.2, 0.25) is 0 Å². The molecule has 3 N–H and O–H groups in total. The van der Waals surface area contributed by atoms with E-state index in [1.807, 2.05) is 0 Å². The second-order valence-electron chi connectivity index (χ2n) is 3.24. The minimum Gasteiger partial charge on any atom is -0.396 e. The molecule has 0 unspecified atom stereocenters. The van der Waals surface area contributed by atoms with Crippen LogP contribution in [0.15, 0.2) is 29.2 Å². The highest BCUT2D eigenvalue weighted by Crippen LogP contribution is 2.13. The molecule has 90 valence electrons. The highest BCUT2D eigenvalue weighted by Gasteiger charge is 2.09. The van der Waals surface area contributed by atoms with E-state index in [-0.39, 0.29) is 11.5 Å². The number of hydrogen-bond acceptors (Lipinski definition) is 4. The summed E-state index contributed by atoms with van der Waals surface area (Å²) in [5, 5.41) is 11.7. The lowest BCUT2D eigenvalue weighted by atomic mass is 10.3. The topological polar surface area (TPSA) is 78.4 Å². The van der Waals surface area contributed by atoms with Gasteiger partial charge in [-0.1, -0.05) is 0 Å². The molecule has 0 radical (unpaired) electrons. The number of aliphatic hydroxyl groups excluding tert-OH is 1. The fourth-order valence-corrected chi connectivity index (χ4v) is 1.91. The molecule has 0 aromatic heterocycles. The van der Waals surface area contributed by atoms with Crippen LogP contribution in [-0.4, -0.2) is 33.7 Å². The first kappa shape index (κ1) is 13.0. The van der Waals surface area contributed by atoms with E-state index in [2.05, 4.69) is 10.0 Å². The minimum atomic E-state index is -3.36. The smallest absolute Gasteiger partial charge is 0.240 e. The molecule has 0 saturated heterocycles. The zero-order valence-corrected chi connectivity index (χ0v) is 9.92. The maximum atomic E-state index is 11.4. The second kappa shape index (κ2) is 5.83. The second-order valence-corrected chi connectivity index (χ2v) is 5.12. The van der Waals surface area contributed by atoms with Crippen molar-refractivity contribution in [2.24, 2.45) is 0 Å². The van der Waals surface area contributed by atoms with Gasteiger partial charge in [-0.05, 0) is 37.7 Å². The van der Waals surface area contributed by atoms with Gasteiger partial charge < -0.3 is 10.4 Å². The van der Waals surface area contributed by atoms with Gasteiger partial charge in [-0.25, -0.2) is 13.1 Å². The largest absolute Gasteiger partial charge is 0.396 e. The molecule has 1 aromatic carbocycles. The van der Waals surface area contributed by atoms with Crippen LogP contribution in [0.4, 0.5) is 5.69 Å². The highest BCUT2D eigenvalue weighted by molar-refractivity contribution is 7.89. The molecular formula is C10H16N2O3S. The molecule has 0 atom stereocenters. The van der Waals surface area contributed by atoms with Crippen molar-refractivity contribution in [2.45, 2.75) is 11.3 Å². The summed E-state index contributed by atoms with van der Waals surface area (Å²) >= 11 is 0. The van der Waals surface area contributed by atoms with E-state index in [9.17, 15) is 8.42 Å². The molecular weight excluding hydrogens is 228 g/mol. The van der Waals surface area contributed by atoms with E-state index in [1.165, 1.54) is 19.2 Å². The zero-order chi connectivity index (χ0) is 12.0. The van der Waals surface area contributed by atoms with Crippen molar-refractivity contribution in [1.29, 1.82) is 0 Å². The number of sulfonamides is 1. The van der Waals surface area contributed by atoms with Gasteiger partial charge in [-0.2, -0.15) is 0 Å². The number of nitrogens with one attached hydrogen (secondary N) is 2. The first-order valence-corrected chi connectivity index (χ1v) is 6.47. The fraction of sp³-hybridized carbons (Fsp3) is 0.400. The van der Waals surface area contributed by atoms with Gasteiger partial charge in [0.05, 0.1) is 4.90 Å². The first-order chi connectivity index (χ1) is 7.60. The summed E-state index contributed by atoms with van der Waals surface area (Å²) in [6.07, 6.45) is 0.663. The minimum absolute atomic E-state index is 0.138. The van der Waals surface area contributed by atoms with E-state index in [0.29, 0.717) is 13.0 Å². The number of rotatable bonds is 6. The van der Waals surface area contributed by atoms with Crippen LogP contribution >= 0.6 is 0 Å². The van der Waals surface area contributed by atoms with Crippen LogP contribution in [0.1, 0.15) is 6.42 Å². The van der Waals surface area contributed by atoms with E-state index in [4.69, 9.17) is 5.11 Å². The number of aliphatic hydroxyl groups is 1. The molecule has 0 spiro atoms. The van der Waals surface area contributed by atoms with E-state index >= 15 is 0 Å². The van der Waals surface area contributed by atoms with Crippen LogP contribution in [-0.2, 0) is 10.0 Å². The molecule has 16 heavy (non-hydrogen) atoms. The zero-order valence-electron chi connectivity index (χ0n) is 9.10. The summed E-state index contributed by atoms with van der Waals surface area (Å²) in [7, 11) is -1.98. The summed E-state index contributed by atoms with van der Waals surface area (Å²) in [6, 6.07) is 6.46. The van der Waals surface area contributed by atoms with Gasteiger partial charge in [0, 0.05) is 18.8 Å². The molecule has 0 amide bonds. The van der Waals surface area contributed by atoms with Gasteiger partial charge in [-0.3, -0.25) is 0 Å². The van der Waals surface area contributed by atoms with Crippen LogP contribution in [0.25, 0.3) is 0 Å². The van der Waals surface area contributed by atoms with E-state index in [1.54, 1.807) is 12.1 Å². The standard InChI is InChI=1S/C10H16N2O3S/c1-11-16(14,15)10-5-3-9(4-6-10)12-7-2-8-13/h3-6,11-13H,2,7-8H2,1H3. The summed E-state index contributed by atoms with van der Waals surface area (Å²) in [5.74, 6) is 0. The molecule has 5 nitrogen and oxygen atoms in total. The van der Waals surface area contributed by atoms with Crippen LogP contribution in [0.5, 0.6) is 0 Å². The van der Waals surface area contributed by atoms with Crippen molar-refractivity contribution >= 4 is 15.7 Å². The molecule has 0 bridgehead atoms. The molecule has 1 aromatic rings. The molecule has 0 heterocycles. The quantitative estimate of drug-likeness (QED) is 0.632. The maximum absolute atomic E-state index is 11.4. The van der Waals surface area contributed by atoms with Crippen molar-refractivity contribution in [3.63, 3.8) is 0 Å². The van der Waals surface area contributed by atoms with Crippen molar-refractivity contribution in [3.05, 3.63) is 24.3 Å². The Balaban J connectivity index is 2.68. The predicted octanol–water partition coefficient (Wildman–Crippen LogP) is 0.389. The average Bonchev–Trinajstić information content (AvgIpc) is 2.30. The van der Waals surface area contributed by atoms with Crippen molar-refractivity contribution in [2.75, 3.05) is 25.5 Å². The maximum Gasteiger partial charge on any atom is 0.240 e.